The van der Waals surface area contributed by atoms with Crippen molar-refractivity contribution in [3.05, 3.63) is 60.2 Å². The largest absolute Gasteiger partial charge is 0.457 e. The Morgan fingerprint density at radius 2 is 1.81 bits per heavy atom. The fourth-order valence-corrected chi connectivity index (χ4v) is 1.95. The summed E-state index contributed by atoms with van der Waals surface area (Å²) < 4.78 is 5.77. The van der Waals surface area contributed by atoms with Crippen LogP contribution in [0.5, 0.6) is 11.5 Å². The van der Waals surface area contributed by atoms with E-state index in [4.69, 9.17) is 10.5 Å². The second kappa shape index (κ2) is 8.07. The predicted molar refractivity (Wildman–Crippen MR) is 83.3 cm³/mol. The molecule has 4 nitrogen and oxygen atoms in total. The highest BCUT2D eigenvalue weighted by atomic mass is 16.5. The zero-order valence-electron chi connectivity index (χ0n) is 11.9. The molecule has 2 aromatic rings. The van der Waals surface area contributed by atoms with Crippen molar-refractivity contribution in [2.45, 2.75) is 12.8 Å². The van der Waals surface area contributed by atoms with E-state index in [1.807, 2.05) is 54.6 Å². The van der Waals surface area contributed by atoms with Gasteiger partial charge in [-0.25, -0.2) is 0 Å². The van der Waals surface area contributed by atoms with Gasteiger partial charge < -0.3 is 15.8 Å². The summed E-state index contributed by atoms with van der Waals surface area (Å²) in [5.41, 5.74) is 6.42. The molecule has 0 aliphatic heterocycles. The molecule has 2 aromatic carbocycles. The van der Waals surface area contributed by atoms with Gasteiger partial charge in [0, 0.05) is 19.5 Å². The molecule has 0 aliphatic carbocycles. The number of para-hydroxylation sites is 1. The normalized spacial score (nSPS) is 10.1. The lowest BCUT2D eigenvalue weighted by molar-refractivity contribution is -0.120. The lowest BCUT2D eigenvalue weighted by Gasteiger charge is -2.08. The molecular formula is C17H20N2O2. The molecule has 0 heterocycles. The van der Waals surface area contributed by atoms with E-state index >= 15 is 0 Å². The number of hydrogen-bond acceptors (Lipinski definition) is 3. The van der Waals surface area contributed by atoms with Crippen molar-refractivity contribution in [2.75, 3.05) is 13.1 Å². The van der Waals surface area contributed by atoms with Crippen molar-refractivity contribution in [3.63, 3.8) is 0 Å². The number of ether oxygens (including phenoxy) is 1. The average Bonchev–Trinajstić information content (AvgIpc) is 2.52. The minimum Gasteiger partial charge on any atom is -0.457 e. The minimum atomic E-state index is 0.0230. The van der Waals surface area contributed by atoms with Crippen molar-refractivity contribution in [2.24, 2.45) is 5.73 Å². The van der Waals surface area contributed by atoms with Gasteiger partial charge in [0.15, 0.2) is 0 Å². The first-order valence-corrected chi connectivity index (χ1v) is 7.06. The van der Waals surface area contributed by atoms with Crippen LogP contribution in [-0.2, 0) is 11.2 Å². The number of hydrogen-bond donors (Lipinski definition) is 2. The summed E-state index contributed by atoms with van der Waals surface area (Å²) in [4.78, 5) is 11.6. The van der Waals surface area contributed by atoms with Gasteiger partial charge in [-0.15, -0.1) is 0 Å². The van der Waals surface area contributed by atoms with Gasteiger partial charge in [-0.2, -0.15) is 0 Å². The highest BCUT2D eigenvalue weighted by Crippen LogP contribution is 2.22. The van der Waals surface area contributed by atoms with Crippen molar-refractivity contribution in [1.82, 2.24) is 5.32 Å². The maximum absolute atomic E-state index is 11.6. The first kappa shape index (κ1) is 15.1. The molecule has 0 radical (unpaired) electrons. The Balaban J connectivity index is 1.90. The van der Waals surface area contributed by atoms with Crippen LogP contribution >= 0.6 is 0 Å². The van der Waals surface area contributed by atoms with Crippen molar-refractivity contribution < 1.29 is 9.53 Å². The molecule has 0 aliphatic rings. The van der Waals surface area contributed by atoms with Crippen LogP contribution in [0.3, 0.4) is 0 Å². The van der Waals surface area contributed by atoms with E-state index in [2.05, 4.69) is 5.32 Å². The summed E-state index contributed by atoms with van der Waals surface area (Å²) in [5, 5.41) is 2.76. The van der Waals surface area contributed by atoms with Gasteiger partial charge in [-0.05, 0) is 36.2 Å². The highest BCUT2D eigenvalue weighted by Gasteiger charge is 2.03. The summed E-state index contributed by atoms with van der Waals surface area (Å²) in [7, 11) is 0. The molecule has 4 heteroatoms. The van der Waals surface area contributed by atoms with Crippen molar-refractivity contribution in [3.8, 4) is 11.5 Å². The topological polar surface area (TPSA) is 64.3 Å². The van der Waals surface area contributed by atoms with Crippen LogP contribution in [0.15, 0.2) is 54.6 Å². The molecule has 2 rings (SSSR count). The Kier molecular flexibility index (Phi) is 5.79. The standard InChI is InChI=1S/C17H20N2O2/c18-11-12-19-17(20)10-9-14-5-4-8-16(13-14)21-15-6-2-1-3-7-15/h1-8,13H,9-12,18H2,(H,19,20). The summed E-state index contributed by atoms with van der Waals surface area (Å²) >= 11 is 0. The van der Waals surface area contributed by atoms with E-state index in [1.54, 1.807) is 0 Å². The lowest BCUT2D eigenvalue weighted by Crippen LogP contribution is -2.29. The summed E-state index contributed by atoms with van der Waals surface area (Å²) in [6.45, 7) is 0.988. The van der Waals surface area contributed by atoms with Gasteiger partial charge in [0.05, 0.1) is 0 Å². The molecule has 0 atom stereocenters. The van der Waals surface area contributed by atoms with Crippen LogP contribution in [0, 0.1) is 0 Å². The van der Waals surface area contributed by atoms with Gasteiger partial charge in [0.2, 0.25) is 5.91 Å². The maximum Gasteiger partial charge on any atom is 0.220 e. The number of amides is 1. The van der Waals surface area contributed by atoms with Gasteiger partial charge in [-0.3, -0.25) is 4.79 Å². The van der Waals surface area contributed by atoms with E-state index in [-0.39, 0.29) is 5.91 Å². The molecular weight excluding hydrogens is 264 g/mol. The Morgan fingerprint density at radius 3 is 2.57 bits per heavy atom. The second-order valence-electron chi connectivity index (χ2n) is 4.70. The second-order valence-corrected chi connectivity index (χ2v) is 4.70. The molecule has 21 heavy (non-hydrogen) atoms. The quantitative estimate of drug-likeness (QED) is 0.821. The SMILES string of the molecule is NCCNC(=O)CCc1cccc(Oc2ccccc2)c1. The first-order valence-electron chi connectivity index (χ1n) is 7.06. The number of nitrogens with one attached hydrogen (secondary N) is 1. The number of rotatable bonds is 7. The molecule has 1 amide bonds. The van der Waals surface area contributed by atoms with Crippen LogP contribution in [-0.4, -0.2) is 19.0 Å². The monoisotopic (exact) mass is 284 g/mol. The van der Waals surface area contributed by atoms with Gasteiger partial charge in [0.1, 0.15) is 11.5 Å². The van der Waals surface area contributed by atoms with Crippen LogP contribution in [0.4, 0.5) is 0 Å². The Hall–Kier alpha value is -2.33. The van der Waals surface area contributed by atoms with Gasteiger partial charge in [-0.1, -0.05) is 30.3 Å². The summed E-state index contributed by atoms with van der Waals surface area (Å²) in [6.07, 6.45) is 1.14. The zero-order valence-corrected chi connectivity index (χ0v) is 11.9. The Labute approximate surface area is 124 Å². The van der Waals surface area contributed by atoms with E-state index in [0.29, 0.717) is 25.9 Å². The number of carbonyl (C=O) groups excluding carboxylic acids is 1. The third-order valence-corrected chi connectivity index (χ3v) is 2.98. The average molecular weight is 284 g/mol. The van der Waals surface area contributed by atoms with Gasteiger partial charge in [0.25, 0.3) is 0 Å². The van der Waals surface area contributed by atoms with Crippen molar-refractivity contribution >= 4 is 5.91 Å². The smallest absolute Gasteiger partial charge is 0.220 e. The van der Waals surface area contributed by atoms with E-state index in [1.165, 1.54) is 0 Å². The predicted octanol–water partition coefficient (Wildman–Crippen LogP) is 2.49. The molecule has 0 unspecified atom stereocenters. The van der Waals surface area contributed by atoms with Crippen LogP contribution in [0.1, 0.15) is 12.0 Å². The van der Waals surface area contributed by atoms with Crippen molar-refractivity contribution in [1.29, 1.82) is 0 Å². The fraction of sp³-hybridized carbons (Fsp3) is 0.235. The summed E-state index contributed by atoms with van der Waals surface area (Å²) in [5.74, 6) is 1.60. The van der Waals surface area contributed by atoms with Gasteiger partial charge >= 0.3 is 0 Å². The molecule has 110 valence electrons. The first-order chi connectivity index (χ1) is 10.3. The number of carbonyl (C=O) groups is 1. The lowest BCUT2D eigenvalue weighted by atomic mass is 10.1. The third-order valence-electron chi connectivity index (χ3n) is 2.98. The third kappa shape index (κ3) is 5.28. The Morgan fingerprint density at radius 1 is 1.05 bits per heavy atom. The molecule has 3 N–H and O–H groups in total. The van der Waals surface area contributed by atoms with E-state index < -0.39 is 0 Å². The molecule has 0 fully saturated rings. The summed E-state index contributed by atoms with van der Waals surface area (Å²) in [6, 6.07) is 17.4. The maximum atomic E-state index is 11.6. The fourth-order valence-electron chi connectivity index (χ4n) is 1.95. The van der Waals surface area contributed by atoms with Crippen LogP contribution < -0.4 is 15.8 Å². The molecule has 0 spiro atoms. The molecule has 0 bridgehead atoms. The van der Waals surface area contributed by atoms with E-state index in [0.717, 1.165) is 17.1 Å². The minimum absolute atomic E-state index is 0.0230. The molecule has 0 saturated carbocycles. The van der Waals surface area contributed by atoms with Crippen LogP contribution in [0.2, 0.25) is 0 Å². The Bertz CT molecular complexity index is 570. The number of aryl methyl sites for hydroxylation is 1. The van der Waals surface area contributed by atoms with E-state index in [9.17, 15) is 4.79 Å². The number of benzene rings is 2. The molecule has 0 saturated heterocycles. The zero-order chi connectivity index (χ0) is 14.9. The molecule has 0 aromatic heterocycles. The van der Waals surface area contributed by atoms with Crippen LogP contribution in [0.25, 0.3) is 0 Å². The number of nitrogens with two attached hydrogens (primary N) is 1. The highest BCUT2D eigenvalue weighted by molar-refractivity contribution is 5.76.